The van der Waals surface area contributed by atoms with E-state index < -0.39 is 5.97 Å². The molecule has 8 nitrogen and oxygen atoms in total. The molecule has 1 amide bonds. The molecule has 0 spiro atoms. The predicted octanol–water partition coefficient (Wildman–Crippen LogP) is 3.85. The highest BCUT2D eigenvalue weighted by Crippen LogP contribution is 2.26. The van der Waals surface area contributed by atoms with Crippen molar-refractivity contribution in [3.05, 3.63) is 64.6 Å². The van der Waals surface area contributed by atoms with Crippen molar-refractivity contribution in [3.63, 3.8) is 0 Å². The first kappa shape index (κ1) is 23.1. The number of esters is 1. The van der Waals surface area contributed by atoms with Crippen molar-refractivity contribution in [3.8, 4) is 17.2 Å². The van der Waals surface area contributed by atoms with Crippen molar-refractivity contribution >= 4 is 28.9 Å². The maximum atomic E-state index is 12.3. The minimum atomic E-state index is -0.528. The van der Waals surface area contributed by atoms with Crippen LogP contribution in [0.2, 0.25) is 0 Å². The fourth-order valence-electron chi connectivity index (χ4n) is 2.75. The highest BCUT2D eigenvalue weighted by atomic mass is 32.1. The summed E-state index contributed by atoms with van der Waals surface area (Å²) < 4.78 is 21.4. The maximum absolute atomic E-state index is 12.3. The molecule has 0 bridgehead atoms. The number of nitrogens with one attached hydrogen (secondary N) is 1. The van der Waals surface area contributed by atoms with Gasteiger partial charge in [0.25, 0.3) is 0 Å². The summed E-state index contributed by atoms with van der Waals surface area (Å²) >= 11 is 1.33. The molecule has 2 aromatic carbocycles. The number of hydrogen-bond donors (Lipinski definition) is 1. The Balaban J connectivity index is 1.45. The molecule has 0 aliphatic rings. The zero-order valence-corrected chi connectivity index (χ0v) is 18.6. The summed E-state index contributed by atoms with van der Waals surface area (Å²) in [7, 11) is 1.54. The monoisotopic (exact) mass is 456 g/mol. The molecule has 1 N–H and O–H groups in total. The lowest BCUT2D eigenvalue weighted by molar-refractivity contribution is -0.147. The molecule has 32 heavy (non-hydrogen) atoms. The van der Waals surface area contributed by atoms with Gasteiger partial charge in [0.1, 0.15) is 17.4 Å². The molecule has 1 aromatic heterocycles. The van der Waals surface area contributed by atoms with Crippen molar-refractivity contribution in [2.24, 2.45) is 0 Å². The minimum absolute atomic E-state index is 0.0000721. The molecule has 3 rings (SSSR count). The number of benzene rings is 2. The van der Waals surface area contributed by atoms with Gasteiger partial charge in [0.15, 0.2) is 18.1 Å². The van der Waals surface area contributed by atoms with Crippen molar-refractivity contribution in [2.75, 3.05) is 25.6 Å². The van der Waals surface area contributed by atoms with Crippen LogP contribution in [0, 0.1) is 0 Å². The molecule has 0 radical (unpaired) electrons. The van der Waals surface area contributed by atoms with Gasteiger partial charge in [-0.15, -0.1) is 11.3 Å². The van der Waals surface area contributed by atoms with Crippen LogP contribution >= 0.6 is 11.3 Å². The number of anilines is 1. The van der Waals surface area contributed by atoms with Gasteiger partial charge < -0.3 is 24.3 Å². The average Bonchev–Trinajstić information content (AvgIpc) is 3.24. The summed E-state index contributed by atoms with van der Waals surface area (Å²) in [4.78, 5) is 28.7. The zero-order valence-electron chi connectivity index (χ0n) is 17.8. The molecule has 0 saturated carbocycles. The van der Waals surface area contributed by atoms with E-state index in [1.54, 1.807) is 42.8 Å². The highest BCUT2D eigenvalue weighted by Gasteiger charge is 2.13. The normalized spacial score (nSPS) is 10.3. The molecule has 1 heterocycles. The van der Waals surface area contributed by atoms with Crippen LogP contribution in [0.4, 0.5) is 5.69 Å². The number of methoxy groups -OCH3 is 1. The van der Waals surface area contributed by atoms with Crippen LogP contribution in [0.3, 0.4) is 0 Å². The summed E-state index contributed by atoms with van der Waals surface area (Å²) in [6.07, 6.45) is 0.105. The molecule has 168 valence electrons. The Kier molecular flexibility index (Phi) is 8.44. The first-order valence-electron chi connectivity index (χ1n) is 9.95. The van der Waals surface area contributed by atoms with Crippen molar-refractivity contribution in [2.45, 2.75) is 20.0 Å². The molecule has 9 heteroatoms. The number of thiazole rings is 1. The van der Waals surface area contributed by atoms with Gasteiger partial charge in [0, 0.05) is 5.38 Å². The quantitative estimate of drug-likeness (QED) is 0.438. The second-order valence-corrected chi connectivity index (χ2v) is 7.43. The number of carbonyl (C=O) groups is 2. The SMILES string of the molecule is CCOc1ccccc1OCC(=O)OCc1csc(CC(=O)Nc2ccccc2OC)n1. The van der Waals surface area contributed by atoms with Gasteiger partial charge in [-0.3, -0.25) is 4.79 Å². The van der Waals surface area contributed by atoms with Crippen molar-refractivity contribution < 1.29 is 28.5 Å². The van der Waals surface area contributed by atoms with Crippen LogP contribution < -0.4 is 19.5 Å². The number of ether oxygens (including phenoxy) is 4. The third kappa shape index (κ3) is 6.71. The lowest BCUT2D eigenvalue weighted by Gasteiger charge is -2.11. The van der Waals surface area contributed by atoms with E-state index in [2.05, 4.69) is 10.3 Å². The van der Waals surface area contributed by atoms with Gasteiger partial charge in [0.2, 0.25) is 5.91 Å². The second kappa shape index (κ2) is 11.7. The van der Waals surface area contributed by atoms with Crippen molar-refractivity contribution in [1.82, 2.24) is 4.98 Å². The first-order chi connectivity index (χ1) is 15.6. The Morgan fingerprint density at radius 1 is 1.00 bits per heavy atom. The average molecular weight is 457 g/mol. The second-order valence-electron chi connectivity index (χ2n) is 6.49. The molecule has 0 unspecified atom stereocenters. The van der Waals surface area contributed by atoms with Crippen LogP contribution in [0.25, 0.3) is 0 Å². The first-order valence-corrected chi connectivity index (χ1v) is 10.8. The minimum Gasteiger partial charge on any atom is -0.495 e. The number of para-hydroxylation sites is 4. The molecular weight excluding hydrogens is 432 g/mol. The molecule has 0 saturated heterocycles. The van der Waals surface area contributed by atoms with Gasteiger partial charge in [-0.2, -0.15) is 0 Å². The fourth-order valence-corrected chi connectivity index (χ4v) is 3.53. The Labute approximate surface area is 190 Å². The predicted molar refractivity (Wildman–Crippen MR) is 120 cm³/mol. The standard InChI is InChI=1S/C23H24N2O6S/c1-3-29-19-10-6-7-11-20(19)30-14-23(27)31-13-16-15-32-22(24-16)12-21(26)25-17-8-4-5-9-18(17)28-2/h4-11,15H,3,12-14H2,1-2H3,(H,25,26). The summed E-state index contributed by atoms with van der Waals surface area (Å²) in [5.74, 6) is 0.883. The number of carbonyl (C=O) groups excluding carboxylic acids is 2. The van der Waals surface area contributed by atoms with E-state index in [0.717, 1.165) is 0 Å². The van der Waals surface area contributed by atoms with E-state index in [1.165, 1.54) is 11.3 Å². The number of nitrogens with zero attached hydrogens (tertiary/aromatic N) is 1. The van der Waals surface area contributed by atoms with E-state index in [-0.39, 0.29) is 25.5 Å². The van der Waals surface area contributed by atoms with Crippen LogP contribution in [-0.4, -0.2) is 37.2 Å². The maximum Gasteiger partial charge on any atom is 0.344 e. The third-order valence-electron chi connectivity index (χ3n) is 4.17. The Bertz CT molecular complexity index is 1050. The van der Waals surface area contributed by atoms with Crippen LogP contribution in [0.1, 0.15) is 17.6 Å². The summed E-state index contributed by atoms with van der Waals surface area (Å²) in [6, 6.07) is 14.3. The molecule has 0 fully saturated rings. The Morgan fingerprint density at radius 2 is 1.69 bits per heavy atom. The number of amides is 1. The highest BCUT2D eigenvalue weighted by molar-refractivity contribution is 7.09. The van der Waals surface area contributed by atoms with E-state index in [4.69, 9.17) is 18.9 Å². The summed E-state index contributed by atoms with van der Waals surface area (Å²) in [6.45, 7) is 2.12. The lowest BCUT2D eigenvalue weighted by Crippen LogP contribution is -2.16. The smallest absolute Gasteiger partial charge is 0.344 e. The lowest BCUT2D eigenvalue weighted by atomic mass is 10.3. The number of rotatable bonds is 11. The molecule has 0 aliphatic carbocycles. The van der Waals surface area contributed by atoms with Gasteiger partial charge in [-0.05, 0) is 31.2 Å². The van der Waals surface area contributed by atoms with Gasteiger partial charge >= 0.3 is 5.97 Å². The van der Waals surface area contributed by atoms with E-state index >= 15 is 0 Å². The van der Waals surface area contributed by atoms with Gasteiger partial charge in [-0.1, -0.05) is 24.3 Å². The van der Waals surface area contributed by atoms with Crippen LogP contribution in [0.5, 0.6) is 17.2 Å². The fraction of sp³-hybridized carbons (Fsp3) is 0.261. The molecule has 0 aliphatic heterocycles. The van der Waals surface area contributed by atoms with Crippen molar-refractivity contribution in [1.29, 1.82) is 0 Å². The van der Waals surface area contributed by atoms with Crippen LogP contribution in [0.15, 0.2) is 53.9 Å². The summed E-state index contributed by atoms with van der Waals surface area (Å²) in [5.41, 5.74) is 1.16. The largest absolute Gasteiger partial charge is 0.495 e. The van der Waals surface area contributed by atoms with Crippen LogP contribution in [-0.2, 0) is 27.4 Å². The molecule has 0 atom stereocenters. The third-order valence-corrected chi connectivity index (χ3v) is 5.07. The van der Waals surface area contributed by atoms with E-state index in [9.17, 15) is 9.59 Å². The Hall–Kier alpha value is -3.59. The van der Waals surface area contributed by atoms with Gasteiger partial charge in [0.05, 0.1) is 31.5 Å². The summed E-state index contributed by atoms with van der Waals surface area (Å²) in [5, 5.41) is 5.18. The number of aromatic nitrogens is 1. The number of hydrogen-bond acceptors (Lipinski definition) is 8. The van der Waals surface area contributed by atoms with E-state index in [1.807, 2.05) is 25.1 Å². The zero-order chi connectivity index (χ0) is 22.8. The van der Waals surface area contributed by atoms with Gasteiger partial charge in [-0.25, -0.2) is 9.78 Å². The topological polar surface area (TPSA) is 96.0 Å². The Morgan fingerprint density at radius 3 is 2.41 bits per heavy atom. The molecule has 3 aromatic rings. The molecular formula is C23H24N2O6S. The van der Waals surface area contributed by atoms with E-state index in [0.29, 0.717) is 40.2 Å².